The van der Waals surface area contributed by atoms with Crippen molar-refractivity contribution in [2.45, 2.75) is 62.6 Å². The zero-order valence-corrected chi connectivity index (χ0v) is 27.0. The fourth-order valence-corrected chi connectivity index (χ4v) is 7.14. The summed E-state index contributed by atoms with van der Waals surface area (Å²) in [5.41, 5.74) is 0.809. The zero-order valence-electron chi connectivity index (χ0n) is 23.9. The van der Waals surface area contributed by atoms with Gasteiger partial charge in [0, 0.05) is 27.7 Å². The van der Waals surface area contributed by atoms with E-state index in [2.05, 4.69) is 5.32 Å². The van der Waals surface area contributed by atoms with Gasteiger partial charge in [-0.15, -0.1) is 0 Å². The van der Waals surface area contributed by atoms with Crippen LogP contribution in [0.5, 0.6) is 5.75 Å². The van der Waals surface area contributed by atoms with E-state index < -0.39 is 28.5 Å². The van der Waals surface area contributed by atoms with E-state index in [1.54, 1.807) is 30.3 Å². The molecule has 0 saturated heterocycles. The summed E-state index contributed by atoms with van der Waals surface area (Å²) in [6.07, 6.45) is 4.13. The van der Waals surface area contributed by atoms with Crippen LogP contribution in [0.15, 0.2) is 71.6 Å². The number of carbonyl (C=O) groups is 2. The molecule has 1 saturated carbocycles. The second-order valence-electron chi connectivity index (χ2n) is 10.3. The van der Waals surface area contributed by atoms with Crippen LogP contribution in [0.4, 0.5) is 5.69 Å². The Bertz CT molecular complexity index is 1530. The van der Waals surface area contributed by atoms with E-state index in [1.807, 2.05) is 6.92 Å². The van der Waals surface area contributed by atoms with Crippen LogP contribution in [0.25, 0.3) is 0 Å². The second-order valence-corrected chi connectivity index (χ2v) is 13.5. The van der Waals surface area contributed by atoms with Crippen LogP contribution in [0, 0.1) is 0 Å². The highest BCUT2D eigenvalue weighted by Crippen LogP contribution is 2.29. The van der Waals surface area contributed by atoms with Gasteiger partial charge in [0.05, 0.1) is 17.7 Å². The Balaban J connectivity index is 1.73. The van der Waals surface area contributed by atoms with Gasteiger partial charge in [-0.25, -0.2) is 8.42 Å². The molecule has 4 rings (SSSR count). The number of nitrogens with one attached hydrogen (secondary N) is 1. The van der Waals surface area contributed by atoms with Crippen LogP contribution < -0.4 is 14.4 Å². The maximum Gasteiger partial charge on any atom is 0.264 e. The van der Waals surface area contributed by atoms with Gasteiger partial charge >= 0.3 is 0 Å². The fourth-order valence-electron chi connectivity index (χ4n) is 5.13. The van der Waals surface area contributed by atoms with E-state index in [0.29, 0.717) is 32.8 Å². The topological polar surface area (TPSA) is 96.0 Å². The zero-order chi connectivity index (χ0) is 31.1. The molecular formula is C31H34Cl3N3O5S. The number of sulfonamides is 1. The lowest BCUT2D eigenvalue weighted by atomic mass is 10.1. The predicted molar refractivity (Wildman–Crippen MR) is 170 cm³/mol. The second kappa shape index (κ2) is 14.7. The van der Waals surface area contributed by atoms with E-state index in [4.69, 9.17) is 39.5 Å². The predicted octanol–water partition coefficient (Wildman–Crippen LogP) is 6.72. The Morgan fingerprint density at radius 3 is 2.16 bits per heavy atom. The molecular weight excluding hydrogens is 633 g/mol. The molecule has 2 amide bonds. The lowest BCUT2D eigenvalue weighted by Crippen LogP contribution is -2.53. The minimum atomic E-state index is -4.24. The molecule has 0 unspecified atom stereocenters. The molecule has 1 aliphatic rings. The van der Waals surface area contributed by atoms with Crippen LogP contribution >= 0.6 is 34.8 Å². The number of anilines is 1. The molecule has 43 heavy (non-hydrogen) atoms. The molecule has 0 spiro atoms. The lowest BCUT2D eigenvalue weighted by molar-refractivity contribution is -0.140. The largest absolute Gasteiger partial charge is 0.497 e. The van der Waals surface area contributed by atoms with Crippen molar-refractivity contribution in [2.75, 3.05) is 18.0 Å². The quantitative estimate of drug-likeness (QED) is 0.232. The van der Waals surface area contributed by atoms with Gasteiger partial charge in [-0.3, -0.25) is 13.9 Å². The van der Waals surface area contributed by atoms with Crippen LogP contribution in [0.3, 0.4) is 0 Å². The summed E-state index contributed by atoms with van der Waals surface area (Å²) in [5, 5.41) is 4.25. The van der Waals surface area contributed by atoms with Crippen molar-refractivity contribution in [2.24, 2.45) is 0 Å². The minimum Gasteiger partial charge on any atom is -0.497 e. The van der Waals surface area contributed by atoms with Crippen LogP contribution in [0.1, 0.15) is 44.6 Å². The first-order chi connectivity index (χ1) is 20.5. The molecule has 230 valence electrons. The van der Waals surface area contributed by atoms with Crippen molar-refractivity contribution in [3.63, 3.8) is 0 Å². The average Bonchev–Trinajstić information content (AvgIpc) is 3.50. The molecule has 0 heterocycles. The number of hydrogen-bond acceptors (Lipinski definition) is 5. The molecule has 0 bridgehead atoms. The number of ether oxygens (including phenoxy) is 1. The van der Waals surface area contributed by atoms with Gasteiger partial charge in [0.2, 0.25) is 11.8 Å². The number of hydrogen-bond donors (Lipinski definition) is 1. The standard InChI is InChI=1S/C31H34Cl3N3O5S/c1-3-29(31(39)35-24-6-4-5-7-24)36(19-21-8-9-23(33)18-28(21)34)30(38)20-37(25-12-10-22(32)11-13-25)43(40,41)27-16-14-26(42-2)15-17-27/h8-18,24,29H,3-7,19-20H2,1-2H3,(H,35,39)/t29-/m0/s1. The number of methoxy groups -OCH3 is 1. The van der Waals surface area contributed by atoms with Crippen molar-refractivity contribution in [3.05, 3.63) is 87.4 Å². The Morgan fingerprint density at radius 1 is 0.953 bits per heavy atom. The summed E-state index contributed by atoms with van der Waals surface area (Å²) in [6, 6.07) is 16.1. The van der Waals surface area contributed by atoms with Gasteiger partial charge in [0.1, 0.15) is 18.3 Å². The Kier molecular flexibility index (Phi) is 11.2. The van der Waals surface area contributed by atoms with Crippen LogP contribution in [-0.2, 0) is 26.2 Å². The SMILES string of the molecule is CC[C@@H](C(=O)NC1CCCC1)N(Cc1ccc(Cl)cc1Cl)C(=O)CN(c1ccc(Cl)cc1)S(=O)(=O)c1ccc(OC)cc1. The molecule has 0 radical (unpaired) electrons. The highest BCUT2D eigenvalue weighted by molar-refractivity contribution is 7.92. The van der Waals surface area contributed by atoms with E-state index in [9.17, 15) is 18.0 Å². The van der Waals surface area contributed by atoms with Gasteiger partial charge in [0.25, 0.3) is 10.0 Å². The summed E-state index contributed by atoms with van der Waals surface area (Å²) in [5.74, 6) is -0.381. The molecule has 1 atom stereocenters. The Morgan fingerprint density at radius 2 is 1.58 bits per heavy atom. The lowest BCUT2D eigenvalue weighted by Gasteiger charge is -2.34. The van der Waals surface area contributed by atoms with Crippen LogP contribution in [0.2, 0.25) is 15.1 Å². The van der Waals surface area contributed by atoms with E-state index in [-0.39, 0.29) is 29.1 Å². The van der Waals surface area contributed by atoms with Crippen molar-refractivity contribution in [1.82, 2.24) is 10.2 Å². The molecule has 8 nitrogen and oxygen atoms in total. The van der Waals surface area contributed by atoms with E-state index in [0.717, 1.165) is 30.0 Å². The molecule has 0 aromatic heterocycles. The number of carbonyl (C=O) groups excluding carboxylic acids is 2. The summed E-state index contributed by atoms with van der Waals surface area (Å²) in [4.78, 5) is 29.1. The summed E-state index contributed by atoms with van der Waals surface area (Å²) < 4.78 is 34.2. The Hall–Kier alpha value is -2.98. The molecule has 1 aliphatic carbocycles. The summed E-state index contributed by atoms with van der Waals surface area (Å²) in [6.45, 7) is 1.21. The number of halogens is 3. The normalized spacial score (nSPS) is 14.3. The molecule has 1 fully saturated rings. The minimum absolute atomic E-state index is 0.0253. The highest BCUT2D eigenvalue weighted by Gasteiger charge is 2.35. The molecule has 1 N–H and O–H groups in total. The highest BCUT2D eigenvalue weighted by atomic mass is 35.5. The Labute approximate surface area is 267 Å². The first-order valence-electron chi connectivity index (χ1n) is 14.0. The molecule has 12 heteroatoms. The van der Waals surface area contributed by atoms with E-state index >= 15 is 0 Å². The van der Waals surface area contributed by atoms with Gasteiger partial charge in [-0.05, 0) is 85.5 Å². The fraction of sp³-hybridized carbons (Fsp3) is 0.355. The van der Waals surface area contributed by atoms with Crippen molar-refractivity contribution < 1.29 is 22.7 Å². The van der Waals surface area contributed by atoms with Gasteiger partial charge < -0.3 is 15.0 Å². The average molecular weight is 667 g/mol. The third kappa shape index (κ3) is 8.15. The van der Waals surface area contributed by atoms with Crippen molar-refractivity contribution in [3.8, 4) is 5.75 Å². The van der Waals surface area contributed by atoms with Gasteiger partial charge in [0.15, 0.2) is 0 Å². The van der Waals surface area contributed by atoms with Crippen molar-refractivity contribution >= 4 is 62.3 Å². The number of benzene rings is 3. The van der Waals surface area contributed by atoms with Crippen molar-refractivity contribution in [1.29, 1.82) is 0 Å². The maximum atomic E-state index is 14.2. The number of nitrogens with zero attached hydrogens (tertiary/aromatic N) is 2. The molecule has 3 aromatic rings. The van der Waals surface area contributed by atoms with Gasteiger partial charge in [-0.1, -0.05) is 60.6 Å². The molecule has 0 aliphatic heterocycles. The first kappa shape index (κ1) is 32.9. The van der Waals surface area contributed by atoms with Gasteiger partial charge in [-0.2, -0.15) is 0 Å². The maximum absolute atomic E-state index is 14.2. The first-order valence-corrected chi connectivity index (χ1v) is 16.6. The summed E-state index contributed by atoms with van der Waals surface area (Å²) in [7, 11) is -2.75. The number of rotatable bonds is 12. The molecule has 3 aromatic carbocycles. The monoisotopic (exact) mass is 665 g/mol. The number of amides is 2. The van der Waals surface area contributed by atoms with E-state index in [1.165, 1.54) is 48.4 Å². The third-order valence-corrected chi connectivity index (χ3v) is 10.1. The summed E-state index contributed by atoms with van der Waals surface area (Å²) >= 11 is 18.7. The smallest absolute Gasteiger partial charge is 0.264 e. The third-order valence-electron chi connectivity index (χ3n) is 7.48. The van der Waals surface area contributed by atoms with Crippen LogP contribution in [-0.4, -0.2) is 50.9 Å².